The average Bonchev–Trinajstić information content (AvgIpc) is 3.22. The molecule has 2 aliphatic heterocycles. The van der Waals surface area contributed by atoms with Gasteiger partial charge in [0, 0.05) is 25.2 Å². The molecule has 0 unspecified atom stereocenters. The Hall–Kier alpha value is -1.55. The number of nitrogens with zero attached hydrogens (tertiary/aromatic N) is 3. The number of benzene rings is 2. The zero-order valence-electron chi connectivity index (χ0n) is 21.6. The molecule has 2 aromatic carbocycles. The van der Waals surface area contributed by atoms with Gasteiger partial charge in [0.15, 0.2) is 0 Å². The second-order valence-corrected chi connectivity index (χ2v) is 10.3. The summed E-state index contributed by atoms with van der Waals surface area (Å²) in [5.74, 6) is 0.683. The SMILES string of the molecule is COC(=O)C1=C(c2ccc3ccccc3c2)C[C@@H]2CC[C@H]1N2CCCN(CC[S-])CC(=O)[N-]CC[S-].[O]=[99Tc+3]. The number of rotatable bonds is 12. The van der Waals surface area contributed by atoms with Crippen LogP contribution in [0.2, 0.25) is 0 Å². The van der Waals surface area contributed by atoms with Crippen LogP contribution in [0.3, 0.4) is 0 Å². The van der Waals surface area contributed by atoms with Gasteiger partial charge in [0.25, 0.3) is 0 Å². The van der Waals surface area contributed by atoms with Crippen molar-refractivity contribution in [2.24, 2.45) is 0 Å². The van der Waals surface area contributed by atoms with Gasteiger partial charge in [-0.1, -0.05) is 36.4 Å². The van der Waals surface area contributed by atoms with Gasteiger partial charge in [-0.25, -0.2) is 4.79 Å². The summed E-state index contributed by atoms with van der Waals surface area (Å²) in [6, 6.07) is 15.2. The Morgan fingerprint density at radius 2 is 1.84 bits per heavy atom. The Labute approximate surface area is 247 Å². The minimum atomic E-state index is -0.227. The quantitative estimate of drug-likeness (QED) is 0.258. The van der Waals surface area contributed by atoms with Crippen molar-refractivity contribution in [3.8, 4) is 0 Å². The number of ether oxygens (including phenoxy) is 1. The van der Waals surface area contributed by atoms with E-state index in [2.05, 4.69) is 45.4 Å². The Kier molecular flexibility index (Phi) is 13.0. The number of amides is 1. The molecule has 1 saturated heterocycles. The van der Waals surface area contributed by atoms with Crippen LogP contribution in [0.1, 0.15) is 31.2 Å². The van der Waals surface area contributed by atoms with Crippen molar-refractivity contribution < 1.29 is 36.7 Å². The van der Waals surface area contributed by atoms with E-state index in [0.717, 1.165) is 74.3 Å². The summed E-state index contributed by atoms with van der Waals surface area (Å²) in [7, 11) is 1.47. The zero-order chi connectivity index (χ0) is 27.5. The minimum absolute atomic E-state index is 0.0637. The van der Waals surface area contributed by atoms with E-state index >= 15 is 0 Å². The van der Waals surface area contributed by atoms with Crippen molar-refractivity contribution in [3.05, 3.63) is 58.9 Å². The Morgan fingerprint density at radius 1 is 1.08 bits per heavy atom. The normalized spacial score (nSPS) is 18.8. The molecule has 0 spiro atoms. The standard InChI is InChI=1S/C28H37N3O3S2.O.Tc/c1-34-28(33)27-24(22-8-7-20-5-2-3-6-21(20)17-22)18-23-9-10-25(27)31(23)13-4-12-30(14-16-36)19-26(32)29-11-15-35;;/h2-3,5-8,17,23,25H,4,9-16,18-19H2,1H3,(H3,29,32,35,36);;/q;;+3/p-3/t23-,25+;;/m0../s1/i;;1+1. The summed E-state index contributed by atoms with van der Waals surface area (Å²) in [5, 5.41) is 6.38. The molecule has 10 heteroatoms. The van der Waals surface area contributed by atoms with E-state index in [9.17, 15) is 9.59 Å². The molecular formula is C28H34N3O4S2Tc. The number of carbonyl (C=O) groups is 2. The molecule has 2 aliphatic rings. The molecule has 204 valence electrons. The third-order valence-corrected chi connectivity index (χ3v) is 7.65. The molecule has 4 rings (SSSR count). The Balaban J connectivity index is 0.00000195. The molecule has 2 bridgehead atoms. The molecule has 1 amide bonds. The van der Waals surface area contributed by atoms with Crippen LogP contribution in [0, 0.1) is 0 Å². The first-order chi connectivity index (χ1) is 18.5. The summed E-state index contributed by atoms with van der Waals surface area (Å²) in [5.41, 5.74) is 3.04. The average molecular weight is 640 g/mol. The van der Waals surface area contributed by atoms with Crippen LogP contribution in [0.4, 0.5) is 0 Å². The van der Waals surface area contributed by atoms with Gasteiger partial charge < -0.3 is 40.1 Å². The van der Waals surface area contributed by atoms with Crippen LogP contribution >= 0.6 is 0 Å². The van der Waals surface area contributed by atoms with E-state index in [0.29, 0.717) is 30.6 Å². The fourth-order valence-electron chi connectivity index (χ4n) is 5.66. The maximum absolute atomic E-state index is 13.0. The van der Waals surface area contributed by atoms with Crippen LogP contribution in [-0.4, -0.2) is 85.1 Å². The van der Waals surface area contributed by atoms with E-state index in [1.165, 1.54) is 17.9 Å². The third-order valence-electron chi connectivity index (χ3n) is 7.28. The molecule has 2 heterocycles. The van der Waals surface area contributed by atoms with Crippen molar-refractivity contribution in [2.45, 2.75) is 37.8 Å². The van der Waals surface area contributed by atoms with Crippen molar-refractivity contribution in [1.82, 2.24) is 9.80 Å². The van der Waals surface area contributed by atoms with Gasteiger partial charge in [-0.3, -0.25) is 9.80 Å². The summed E-state index contributed by atoms with van der Waals surface area (Å²) < 4.78 is 13.5. The molecule has 0 aromatic heterocycles. The number of esters is 1. The third kappa shape index (κ3) is 7.77. The van der Waals surface area contributed by atoms with Gasteiger partial charge in [0.2, 0.25) is 0 Å². The van der Waals surface area contributed by atoms with Gasteiger partial charge in [0.1, 0.15) is 0 Å². The summed E-state index contributed by atoms with van der Waals surface area (Å²) in [6.45, 7) is 3.02. The van der Waals surface area contributed by atoms with Gasteiger partial charge in [0.05, 0.1) is 18.6 Å². The van der Waals surface area contributed by atoms with E-state index in [1.807, 2.05) is 12.1 Å². The van der Waals surface area contributed by atoms with Crippen molar-refractivity contribution in [1.29, 1.82) is 0 Å². The predicted octanol–water partition coefficient (Wildman–Crippen LogP) is 3.57. The summed E-state index contributed by atoms with van der Waals surface area (Å²) in [6.07, 6.45) is 3.76. The molecule has 0 radical (unpaired) electrons. The number of fused-ring (bicyclic) bond motifs is 3. The molecule has 7 nitrogen and oxygen atoms in total. The number of hydrogen-bond acceptors (Lipinski definition) is 8. The molecule has 0 aliphatic carbocycles. The van der Waals surface area contributed by atoms with E-state index in [-0.39, 0.29) is 24.5 Å². The Morgan fingerprint density at radius 3 is 2.55 bits per heavy atom. The summed E-state index contributed by atoms with van der Waals surface area (Å²) >= 11 is 11.0. The second-order valence-electron chi connectivity index (χ2n) is 9.45. The van der Waals surface area contributed by atoms with E-state index in [4.69, 9.17) is 33.5 Å². The molecule has 0 saturated carbocycles. The molecule has 1 fully saturated rings. The van der Waals surface area contributed by atoms with Crippen molar-refractivity contribution in [2.75, 3.05) is 51.3 Å². The topological polar surface area (TPSA) is 81.0 Å². The fraction of sp³-hybridized carbons (Fsp3) is 0.500. The van der Waals surface area contributed by atoms with Gasteiger partial charge in [-0.15, -0.1) is 0 Å². The van der Waals surface area contributed by atoms with Crippen LogP contribution in [0.5, 0.6) is 0 Å². The fourth-order valence-corrected chi connectivity index (χ4v) is 6.01. The van der Waals surface area contributed by atoms with Crippen molar-refractivity contribution in [3.63, 3.8) is 0 Å². The van der Waals surface area contributed by atoms with Crippen molar-refractivity contribution >= 4 is 53.5 Å². The number of hydrogen-bond donors (Lipinski definition) is 0. The first-order valence-electron chi connectivity index (χ1n) is 12.9. The van der Waals surface area contributed by atoms with Gasteiger partial charge in [-0.05, 0) is 66.7 Å². The molecule has 2 aromatic rings. The van der Waals surface area contributed by atoms with E-state index in [1.54, 1.807) is 0 Å². The van der Waals surface area contributed by atoms with E-state index < -0.39 is 0 Å². The first-order valence-corrected chi connectivity index (χ1v) is 14.8. The maximum atomic E-state index is 13.0. The molecule has 2 atom stereocenters. The zero-order valence-corrected chi connectivity index (χ0v) is 25.1. The van der Waals surface area contributed by atoms with Crippen LogP contribution in [0.15, 0.2) is 48.0 Å². The van der Waals surface area contributed by atoms with Gasteiger partial charge in [-0.2, -0.15) is 18.1 Å². The number of carbonyl (C=O) groups excluding carboxylic acids is 2. The second kappa shape index (κ2) is 15.9. The number of methoxy groups -OCH3 is 1. The molecule has 0 N–H and O–H groups in total. The van der Waals surface area contributed by atoms with Crippen LogP contribution in [-0.2, 0) is 61.9 Å². The van der Waals surface area contributed by atoms with Gasteiger partial charge >= 0.3 is 28.3 Å². The van der Waals surface area contributed by atoms with Crippen LogP contribution < -0.4 is 0 Å². The van der Waals surface area contributed by atoms with Crippen LogP contribution in [0.25, 0.3) is 21.7 Å². The predicted molar refractivity (Wildman–Crippen MR) is 150 cm³/mol. The molecule has 38 heavy (non-hydrogen) atoms. The monoisotopic (exact) mass is 639 g/mol. The molecular weight excluding hydrogens is 605 g/mol. The Bertz CT molecular complexity index is 1130. The summed E-state index contributed by atoms with van der Waals surface area (Å²) in [4.78, 5) is 29.7. The first kappa shape index (κ1) is 31.0.